The first-order valence-electron chi connectivity index (χ1n) is 13.4. The van der Waals surface area contributed by atoms with Crippen LogP contribution in [0.3, 0.4) is 0 Å². The molecule has 0 aliphatic rings. The summed E-state index contributed by atoms with van der Waals surface area (Å²) in [6, 6.07) is 1.47. The molecule has 0 bridgehead atoms. The van der Waals surface area contributed by atoms with E-state index in [9.17, 15) is 24.0 Å². The van der Waals surface area contributed by atoms with Gasteiger partial charge in [0.25, 0.3) is 0 Å². The minimum Gasteiger partial charge on any atom is -0.469 e. The Balaban J connectivity index is 2.99. The second kappa shape index (κ2) is 15.7. The molecule has 230 valence electrons. The van der Waals surface area contributed by atoms with Crippen LogP contribution in [0.4, 0.5) is 0 Å². The number of methoxy groups -OCH3 is 2. The van der Waals surface area contributed by atoms with E-state index in [0.29, 0.717) is 0 Å². The topological polar surface area (TPSA) is 143 Å². The minimum absolute atomic E-state index is 0.0145. The number of esters is 2. The average Bonchev–Trinajstić information content (AvgIpc) is 3.47. The van der Waals surface area contributed by atoms with Crippen molar-refractivity contribution in [1.82, 2.24) is 20.9 Å². The Labute approximate surface area is 247 Å². The molecule has 0 aliphatic carbocycles. The van der Waals surface area contributed by atoms with E-state index in [1.54, 1.807) is 38.4 Å². The molecular formula is C29H46N4O7S. The maximum absolute atomic E-state index is 13.5. The largest absolute Gasteiger partial charge is 0.469 e. The molecule has 3 amide bonds. The molecule has 0 aromatic carbocycles. The third-order valence-corrected chi connectivity index (χ3v) is 8.10. The van der Waals surface area contributed by atoms with E-state index in [-0.39, 0.29) is 36.8 Å². The molecule has 0 radical (unpaired) electrons. The summed E-state index contributed by atoms with van der Waals surface area (Å²) >= 11 is 1.57. The summed E-state index contributed by atoms with van der Waals surface area (Å²) in [5.41, 5.74) is -0.854. The van der Waals surface area contributed by atoms with Gasteiger partial charge in [0.05, 0.1) is 20.3 Å². The van der Waals surface area contributed by atoms with Crippen molar-refractivity contribution in [2.75, 3.05) is 34.9 Å². The van der Waals surface area contributed by atoms with Crippen LogP contribution in [-0.2, 0) is 38.9 Å². The highest BCUT2D eigenvalue weighted by molar-refractivity contribution is 7.10. The van der Waals surface area contributed by atoms with E-state index in [1.165, 1.54) is 19.1 Å². The fourth-order valence-corrected chi connectivity index (χ4v) is 5.07. The minimum atomic E-state index is -1.03. The molecule has 12 heteroatoms. The molecule has 3 unspecified atom stereocenters. The molecule has 1 aromatic heterocycles. The van der Waals surface area contributed by atoms with Gasteiger partial charge in [-0.3, -0.25) is 19.2 Å². The third kappa shape index (κ3) is 10.3. The number of hydrogen-bond acceptors (Lipinski definition) is 9. The summed E-state index contributed by atoms with van der Waals surface area (Å²) < 4.78 is 9.32. The highest BCUT2D eigenvalue weighted by Crippen LogP contribution is 2.31. The smallest absolute Gasteiger partial charge is 0.328 e. The van der Waals surface area contributed by atoms with Gasteiger partial charge in [-0.15, -0.1) is 11.3 Å². The summed E-state index contributed by atoms with van der Waals surface area (Å²) in [7, 11) is 5.74. The maximum Gasteiger partial charge on any atom is 0.328 e. The van der Waals surface area contributed by atoms with Crippen LogP contribution in [0.5, 0.6) is 0 Å². The van der Waals surface area contributed by atoms with Gasteiger partial charge in [-0.2, -0.15) is 0 Å². The van der Waals surface area contributed by atoms with Gasteiger partial charge in [0.1, 0.15) is 12.1 Å². The number of ether oxygens (including phenoxy) is 2. The standard InChI is InChI=1S/C29H46N4O7S/c1-18(24(35)31-19(27(38)40-10)13-14-21(34)39-9)15-16-33(8)26(37)23(28(2,3)4)32-25(36)22(30-7)29(5,6)20-12-11-17-41-20/h11-12,15,17,19,22-23,30H,13-14,16H2,1-10H3,(H,31,35)(H,32,36)/b18-15+. The van der Waals surface area contributed by atoms with Crippen LogP contribution in [0.1, 0.15) is 59.3 Å². The number of nitrogens with one attached hydrogen (secondary N) is 3. The second-order valence-corrected chi connectivity index (χ2v) is 12.4. The normalized spacial score (nSPS) is 14.3. The van der Waals surface area contributed by atoms with Crippen molar-refractivity contribution < 1.29 is 33.4 Å². The van der Waals surface area contributed by atoms with Crippen LogP contribution in [0.2, 0.25) is 0 Å². The first-order chi connectivity index (χ1) is 19.0. The van der Waals surface area contributed by atoms with Gasteiger partial charge >= 0.3 is 11.9 Å². The molecular weight excluding hydrogens is 548 g/mol. The van der Waals surface area contributed by atoms with E-state index in [1.807, 2.05) is 52.1 Å². The van der Waals surface area contributed by atoms with Crippen LogP contribution in [-0.4, -0.2) is 87.5 Å². The number of carbonyl (C=O) groups is 5. The lowest BCUT2D eigenvalue weighted by Crippen LogP contribution is -2.60. The molecule has 0 spiro atoms. The molecule has 3 N–H and O–H groups in total. The first-order valence-corrected chi connectivity index (χ1v) is 14.3. The number of carbonyl (C=O) groups excluding carboxylic acids is 5. The molecule has 0 saturated carbocycles. The molecule has 3 atom stereocenters. The summed E-state index contributed by atoms with van der Waals surface area (Å²) in [6.45, 7) is 11.2. The number of amides is 3. The van der Waals surface area contributed by atoms with Gasteiger partial charge in [-0.25, -0.2) is 4.79 Å². The molecule has 41 heavy (non-hydrogen) atoms. The van der Waals surface area contributed by atoms with Crippen molar-refractivity contribution in [2.24, 2.45) is 5.41 Å². The van der Waals surface area contributed by atoms with E-state index in [2.05, 4.69) is 20.7 Å². The Kier molecular flexibility index (Phi) is 13.7. The van der Waals surface area contributed by atoms with Crippen LogP contribution in [0, 0.1) is 5.41 Å². The summed E-state index contributed by atoms with van der Waals surface area (Å²) in [6.07, 6.45) is 1.50. The summed E-state index contributed by atoms with van der Waals surface area (Å²) in [5, 5.41) is 10.6. The summed E-state index contributed by atoms with van der Waals surface area (Å²) in [4.78, 5) is 65.8. The maximum atomic E-state index is 13.5. The van der Waals surface area contributed by atoms with Crippen LogP contribution < -0.4 is 16.0 Å². The summed E-state index contributed by atoms with van der Waals surface area (Å²) in [5.74, 6) is -2.35. The number of thiophene rings is 1. The zero-order valence-electron chi connectivity index (χ0n) is 25.9. The van der Waals surface area contributed by atoms with E-state index >= 15 is 0 Å². The van der Waals surface area contributed by atoms with Crippen LogP contribution in [0.25, 0.3) is 0 Å². The third-order valence-electron chi connectivity index (χ3n) is 6.89. The van der Waals surface area contributed by atoms with Gasteiger partial charge in [-0.1, -0.05) is 46.8 Å². The molecule has 1 heterocycles. The Hall–Kier alpha value is -3.25. The number of hydrogen-bond donors (Lipinski definition) is 3. The van der Waals surface area contributed by atoms with Gasteiger partial charge < -0.3 is 30.3 Å². The molecule has 0 saturated heterocycles. The Morgan fingerprint density at radius 3 is 2.15 bits per heavy atom. The van der Waals surface area contributed by atoms with Gasteiger partial charge in [0.15, 0.2) is 0 Å². The predicted octanol–water partition coefficient (Wildman–Crippen LogP) is 2.16. The van der Waals surface area contributed by atoms with E-state index in [4.69, 9.17) is 4.74 Å². The Morgan fingerprint density at radius 1 is 1.02 bits per heavy atom. The highest BCUT2D eigenvalue weighted by Gasteiger charge is 2.41. The van der Waals surface area contributed by atoms with Gasteiger partial charge in [0.2, 0.25) is 17.7 Å². The lowest BCUT2D eigenvalue weighted by atomic mass is 9.81. The van der Waals surface area contributed by atoms with Crippen molar-refractivity contribution in [3.63, 3.8) is 0 Å². The predicted molar refractivity (Wildman–Crippen MR) is 158 cm³/mol. The Morgan fingerprint density at radius 2 is 1.66 bits per heavy atom. The quantitative estimate of drug-likeness (QED) is 0.220. The fourth-order valence-electron chi connectivity index (χ4n) is 4.19. The van der Waals surface area contributed by atoms with Crippen molar-refractivity contribution in [2.45, 2.75) is 77.9 Å². The second-order valence-electron chi connectivity index (χ2n) is 11.5. The Bertz CT molecular complexity index is 1090. The van der Waals surface area contributed by atoms with E-state index < -0.39 is 46.8 Å². The number of likely N-dealkylation sites (N-methyl/N-ethyl adjacent to an activating group) is 2. The molecule has 0 aliphatic heterocycles. The SMILES string of the molecule is CNC(C(=O)NC(C(=O)N(C)C/C=C(\C)C(=O)NC(CCC(=O)OC)C(=O)OC)C(C)(C)C)C(C)(C)c1cccs1. The van der Waals surface area contributed by atoms with Crippen molar-refractivity contribution in [3.8, 4) is 0 Å². The monoisotopic (exact) mass is 594 g/mol. The van der Waals surface area contributed by atoms with Gasteiger partial charge in [0, 0.05) is 35.9 Å². The van der Waals surface area contributed by atoms with Crippen molar-refractivity contribution in [3.05, 3.63) is 34.0 Å². The van der Waals surface area contributed by atoms with Crippen LogP contribution >= 0.6 is 11.3 Å². The zero-order chi connectivity index (χ0) is 31.5. The lowest BCUT2D eigenvalue weighted by molar-refractivity contribution is -0.146. The molecule has 1 aromatic rings. The highest BCUT2D eigenvalue weighted by atomic mass is 32.1. The fraction of sp³-hybridized carbons (Fsp3) is 0.621. The number of rotatable bonds is 14. The molecule has 0 fully saturated rings. The first kappa shape index (κ1) is 35.8. The van der Waals surface area contributed by atoms with Crippen LogP contribution in [0.15, 0.2) is 29.2 Å². The molecule has 11 nitrogen and oxygen atoms in total. The molecule has 1 rings (SSSR count). The van der Waals surface area contributed by atoms with Gasteiger partial charge in [-0.05, 0) is 37.3 Å². The average molecular weight is 595 g/mol. The van der Waals surface area contributed by atoms with Crippen molar-refractivity contribution in [1.29, 1.82) is 0 Å². The van der Waals surface area contributed by atoms with Crippen molar-refractivity contribution >= 4 is 41.0 Å². The zero-order valence-corrected chi connectivity index (χ0v) is 26.7. The lowest BCUT2D eigenvalue weighted by Gasteiger charge is -2.37. The number of nitrogens with zero attached hydrogens (tertiary/aromatic N) is 1. The van der Waals surface area contributed by atoms with E-state index in [0.717, 1.165) is 4.88 Å².